The van der Waals surface area contributed by atoms with E-state index in [0.717, 1.165) is 0 Å². The molecule has 0 saturated carbocycles. The summed E-state index contributed by atoms with van der Waals surface area (Å²) in [5.74, 6) is 0.308. The quantitative estimate of drug-likeness (QED) is 0.472. The van der Waals surface area contributed by atoms with Gasteiger partial charge in [-0.2, -0.15) is 0 Å². The minimum Gasteiger partial charge on any atom is -0.410 e. The Balaban J connectivity index is 2.69. The van der Waals surface area contributed by atoms with Gasteiger partial charge in [0.25, 0.3) is 0 Å². The first-order chi connectivity index (χ1) is 4.50. The summed E-state index contributed by atoms with van der Waals surface area (Å²) < 4.78 is 4.84. The maximum Gasteiger partial charge on any atom is 0.334 e. The Morgan fingerprint density at radius 1 is 1.50 bits per heavy atom. The first-order valence-electron chi connectivity index (χ1n) is 3.26. The van der Waals surface area contributed by atoms with Crippen LogP contribution in [0.15, 0.2) is 4.99 Å². The number of cyclic esters (lactones) is 1. The summed E-state index contributed by atoms with van der Waals surface area (Å²) in [4.78, 5) is 14.5. The van der Waals surface area contributed by atoms with Gasteiger partial charge in [0.15, 0.2) is 5.90 Å². The molecular weight excluding hydrogens is 130 g/mol. The summed E-state index contributed by atoms with van der Waals surface area (Å²) in [6.45, 7) is 6.08. The lowest BCUT2D eigenvalue weighted by Gasteiger charge is -2.15. The van der Waals surface area contributed by atoms with Gasteiger partial charge in [-0.3, -0.25) is 0 Å². The van der Waals surface area contributed by atoms with Gasteiger partial charge in [0, 0.05) is 5.41 Å². The summed E-state index contributed by atoms with van der Waals surface area (Å²) in [7, 11) is 0. The highest BCUT2D eigenvalue weighted by Crippen LogP contribution is 2.19. The van der Waals surface area contributed by atoms with Crippen molar-refractivity contribution >= 4 is 11.9 Å². The number of hydrogen-bond acceptors (Lipinski definition) is 3. The van der Waals surface area contributed by atoms with E-state index in [-0.39, 0.29) is 17.9 Å². The number of esters is 1. The lowest BCUT2D eigenvalue weighted by molar-refractivity contribution is -0.132. The molecule has 1 aliphatic heterocycles. The van der Waals surface area contributed by atoms with Gasteiger partial charge in [0.2, 0.25) is 0 Å². The lowest BCUT2D eigenvalue weighted by atomic mass is 9.97. The molecule has 0 spiro atoms. The third-order valence-corrected chi connectivity index (χ3v) is 1.20. The Bertz CT molecular complexity index is 188. The lowest BCUT2D eigenvalue weighted by Crippen LogP contribution is -2.21. The first kappa shape index (κ1) is 7.25. The molecular formula is C7H11NO2. The minimum atomic E-state index is -0.245. The Morgan fingerprint density at radius 2 is 2.10 bits per heavy atom. The van der Waals surface area contributed by atoms with E-state index in [4.69, 9.17) is 4.74 Å². The largest absolute Gasteiger partial charge is 0.410 e. The topological polar surface area (TPSA) is 38.7 Å². The van der Waals surface area contributed by atoms with Gasteiger partial charge >= 0.3 is 5.97 Å². The standard InChI is InChI=1S/C7H11NO2/c1-7(2,3)6-8-4-5(9)10-6/h4H2,1-3H3. The molecule has 1 rings (SSSR count). The zero-order valence-electron chi connectivity index (χ0n) is 6.47. The molecule has 0 aromatic carbocycles. The van der Waals surface area contributed by atoms with Gasteiger partial charge in [0.1, 0.15) is 6.54 Å². The Labute approximate surface area is 60.1 Å². The first-order valence-corrected chi connectivity index (χ1v) is 3.26. The predicted octanol–water partition coefficient (Wildman–Crippen LogP) is 0.988. The van der Waals surface area contributed by atoms with Crippen molar-refractivity contribution in [2.75, 3.05) is 6.54 Å². The van der Waals surface area contributed by atoms with E-state index in [1.165, 1.54) is 0 Å². The second-order valence-electron chi connectivity index (χ2n) is 3.35. The number of nitrogens with zero attached hydrogens (tertiary/aromatic N) is 1. The van der Waals surface area contributed by atoms with Crippen LogP contribution in [-0.2, 0) is 9.53 Å². The molecule has 0 aromatic heterocycles. The van der Waals surface area contributed by atoms with E-state index in [9.17, 15) is 4.79 Å². The number of carbonyl (C=O) groups is 1. The van der Waals surface area contributed by atoms with Crippen molar-refractivity contribution < 1.29 is 9.53 Å². The van der Waals surface area contributed by atoms with Crippen molar-refractivity contribution in [3.63, 3.8) is 0 Å². The predicted molar refractivity (Wildman–Crippen MR) is 37.8 cm³/mol. The summed E-state index contributed by atoms with van der Waals surface area (Å²) in [6.07, 6.45) is 0. The fourth-order valence-electron chi connectivity index (χ4n) is 0.699. The van der Waals surface area contributed by atoms with E-state index in [2.05, 4.69) is 4.99 Å². The van der Waals surface area contributed by atoms with Crippen molar-refractivity contribution in [1.29, 1.82) is 0 Å². The van der Waals surface area contributed by atoms with Crippen LogP contribution in [0.2, 0.25) is 0 Å². The summed E-state index contributed by atoms with van der Waals surface area (Å²) in [5.41, 5.74) is -0.133. The van der Waals surface area contributed by atoms with Gasteiger partial charge < -0.3 is 4.74 Å². The fourth-order valence-corrected chi connectivity index (χ4v) is 0.699. The summed E-state index contributed by atoms with van der Waals surface area (Å²) in [5, 5.41) is 0. The third-order valence-electron chi connectivity index (χ3n) is 1.20. The van der Waals surface area contributed by atoms with Gasteiger partial charge in [-0.05, 0) is 0 Å². The zero-order valence-corrected chi connectivity index (χ0v) is 6.47. The van der Waals surface area contributed by atoms with Crippen LogP contribution in [0.25, 0.3) is 0 Å². The van der Waals surface area contributed by atoms with Gasteiger partial charge in [0.05, 0.1) is 0 Å². The van der Waals surface area contributed by atoms with Crippen LogP contribution in [0.3, 0.4) is 0 Å². The second-order valence-corrected chi connectivity index (χ2v) is 3.35. The molecule has 0 radical (unpaired) electrons. The molecule has 1 heterocycles. The normalized spacial score (nSPS) is 18.7. The molecule has 56 valence electrons. The van der Waals surface area contributed by atoms with Crippen molar-refractivity contribution in [2.45, 2.75) is 20.8 Å². The molecule has 3 heteroatoms. The van der Waals surface area contributed by atoms with E-state index < -0.39 is 0 Å². The highest BCUT2D eigenvalue weighted by Gasteiger charge is 2.27. The number of ether oxygens (including phenoxy) is 1. The maximum atomic E-state index is 10.6. The van der Waals surface area contributed by atoms with Crippen LogP contribution >= 0.6 is 0 Å². The van der Waals surface area contributed by atoms with E-state index in [1.54, 1.807) is 0 Å². The van der Waals surface area contributed by atoms with Gasteiger partial charge in [-0.25, -0.2) is 9.79 Å². The second kappa shape index (κ2) is 2.08. The van der Waals surface area contributed by atoms with Crippen LogP contribution < -0.4 is 0 Å². The monoisotopic (exact) mass is 141 g/mol. The molecule has 10 heavy (non-hydrogen) atoms. The minimum absolute atomic E-state index is 0.133. The van der Waals surface area contributed by atoms with Crippen molar-refractivity contribution in [3.05, 3.63) is 0 Å². The van der Waals surface area contributed by atoms with Crippen LogP contribution in [0, 0.1) is 5.41 Å². The van der Waals surface area contributed by atoms with Gasteiger partial charge in [-0.15, -0.1) is 0 Å². The number of rotatable bonds is 0. The van der Waals surface area contributed by atoms with Crippen LogP contribution in [-0.4, -0.2) is 18.4 Å². The molecule has 3 nitrogen and oxygen atoms in total. The molecule has 0 saturated heterocycles. The Morgan fingerprint density at radius 3 is 2.30 bits per heavy atom. The number of aliphatic imine (C=N–C) groups is 1. The molecule has 0 bridgehead atoms. The van der Waals surface area contributed by atoms with Crippen LogP contribution in [0.5, 0.6) is 0 Å². The van der Waals surface area contributed by atoms with Crippen molar-refractivity contribution in [3.8, 4) is 0 Å². The smallest absolute Gasteiger partial charge is 0.334 e. The van der Waals surface area contributed by atoms with Crippen LogP contribution in [0.1, 0.15) is 20.8 Å². The summed E-state index contributed by atoms with van der Waals surface area (Å²) >= 11 is 0. The molecule has 0 atom stereocenters. The SMILES string of the molecule is CC(C)(C)C1=NCC(=O)O1. The fraction of sp³-hybridized carbons (Fsp3) is 0.714. The Kier molecular flexibility index (Phi) is 1.50. The van der Waals surface area contributed by atoms with Crippen LogP contribution in [0.4, 0.5) is 0 Å². The summed E-state index contributed by atoms with van der Waals surface area (Å²) in [6, 6.07) is 0. The number of hydrogen-bond donors (Lipinski definition) is 0. The maximum absolute atomic E-state index is 10.6. The third kappa shape index (κ3) is 1.35. The molecule has 0 unspecified atom stereocenters. The molecule has 0 aliphatic carbocycles. The highest BCUT2D eigenvalue weighted by molar-refractivity contribution is 5.97. The molecule has 0 amide bonds. The van der Waals surface area contributed by atoms with E-state index >= 15 is 0 Å². The van der Waals surface area contributed by atoms with E-state index in [0.29, 0.717) is 5.90 Å². The van der Waals surface area contributed by atoms with Gasteiger partial charge in [-0.1, -0.05) is 20.8 Å². The average molecular weight is 141 g/mol. The Hall–Kier alpha value is -0.860. The number of carbonyl (C=O) groups excluding carboxylic acids is 1. The molecule has 0 N–H and O–H groups in total. The zero-order chi connectivity index (χ0) is 7.78. The average Bonchev–Trinajstić information content (AvgIpc) is 2.11. The van der Waals surface area contributed by atoms with Crippen molar-refractivity contribution in [1.82, 2.24) is 0 Å². The van der Waals surface area contributed by atoms with E-state index in [1.807, 2.05) is 20.8 Å². The highest BCUT2D eigenvalue weighted by atomic mass is 16.6. The van der Waals surface area contributed by atoms with Crippen molar-refractivity contribution in [2.24, 2.45) is 10.4 Å². The molecule has 0 aromatic rings. The molecule has 0 fully saturated rings. The molecule has 1 aliphatic rings.